The molecule has 1 fully saturated rings. The van der Waals surface area contributed by atoms with Gasteiger partial charge in [-0.15, -0.1) is 11.3 Å². The number of imidazole rings is 1. The van der Waals surface area contributed by atoms with E-state index in [9.17, 15) is 15.0 Å². The highest BCUT2D eigenvalue weighted by atomic mass is 32.1. The molecule has 1 amide bonds. The van der Waals surface area contributed by atoms with Gasteiger partial charge in [-0.2, -0.15) is 0 Å². The van der Waals surface area contributed by atoms with Gasteiger partial charge in [-0.25, -0.2) is 15.0 Å². The maximum Gasteiger partial charge on any atom is 0.220 e. The van der Waals surface area contributed by atoms with Crippen LogP contribution in [0.3, 0.4) is 0 Å². The van der Waals surface area contributed by atoms with E-state index in [-0.39, 0.29) is 18.3 Å². The van der Waals surface area contributed by atoms with Crippen LogP contribution in [0.5, 0.6) is 0 Å². The number of thiophene rings is 1. The van der Waals surface area contributed by atoms with Gasteiger partial charge in [0.1, 0.15) is 24.1 Å². The molecule has 0 saturated carbocycles. The molecule has 0 aliphatic carbocycles. The summed E-state index contributed by atoms with van der Waals surface area (Å²) in [7, 11) is 0. The van der Waals surface area contributed by atoms with Crippen molar-refractivity contribution in [3.8, 4) is 0 Å². The molecule has 5 N–H and O–H groups in total. The first-order valence-corrected chi connectivity index (χ1v) is 10.2. The van der Waals surface area contributed by atoms with Gasteiger partial charge >= 0.3 is 0 Å². The van der Waals surface area contributed by atoms with E-state index in [0.29, 0.717) is 24.0 Å². The maximum atomic E-state index is 12.4. The average molecular weight is 418 g/mol. The minimum atomic E-state index is -1.10. The van der Waals surface area contributed by atoms with Gasteiger partial charge in [0, 0.05) is 11.3 Å². The number of anilines is 1. The fourth-order valence-electron chi connectivity index (χ4n) is 3.50. The first-order valence-electron chi connectivity index (χ1n) is 9.27. The molecule has 4 atom stereocenters. The average Bonchev–Trinajstić information content (AvgIpc) is 3.43. The van der Waals surface area contributed by atoms with Crippen LogP contribution in [0.1, 0.15) is 23.9 Å². The second-order valence-corrected chi connectivity index (χ2v) is 7.88. The number of aliphatic hydroxyl groups is 2. The number of nitrogen functional groups attached to an aromatic ring is 1. The quantitative estimate of drug-likeness (QED) is 0.426. The Bertz CT molecular complexity index is 978. The Morgan fingerprint density at radius 3 is 3.00 bits per heavy atom. The summed E-state index contributed by atoms with van der Waals surface area (Å²) in [5.41, 5.74) is 6.60. The molecule has 0 radical (unpaired) electrons. The summed E-state index contributed by atoms with van der Waals surface area (Å²) in [4.78, 5) is 25.8. The van der Waals surface area contributed by atoms with Gasteiger partial charge in [0.15, 0.2) is 17.7 Å². The highest BCUT2D eigenvalue weighted by Crippen LogP contribution is 2.32. The van der Waals surface area contributed by atoms with Crippen LogP contribution in [0.4, 0.5) is 5.82 Å². The number of ether oxygens (including phenoxy) is 1. The van der Waals surface area contributed by atoms with E-state index in [1.54, 1.807) is 11.3 Å². The number of hydrogen-bond donors (Lipinski definition) is 4. The summed E-state index contributed by atoms with van der Waals surface area (Å²) in [5.74, 6) is 0.0194. The second kappa shape index (κ2) is 8.41. The van der Waals surface area contributed by atoms with Gasteiger partial charge in [0.25, 0.3) is 0 Å². The predicted octanol–water partition coefficient (Wildman–Crippen LogP) is 0.228. The fourth-order valence-corrected chi connectivity index (χ4v) is 4.25. The number of nitrogens with one attached hydrogen (secondary N) is 1. The molecule has 0 aromatic carbocycles. The van der Waals surface area contributed by atoms with Crippen molar-refractivity contribution in [3.05, 3.63) is 35.0 Å². The number of aromatic nitrogens is 4. The minimum Gasteiger partial charge on any atom is -0.394 e. The number of carbonyl (C=O) groups is 1. The van der Waals surface area contributed by atoms with Crippen molar-refractivity contribution in [1.29, 1.82) is 0 Å². The van der Waals surface area contributed by atoms with Crippen LogP contribution >= 0.6 is 11.3 Å². The Labute approximate surface area is 170 Å². The van der Waals surface area contributed by atoms with Crippen LogP contribution in [0.2, 0.25) is 0 Å². The highest BCUT2D eigenvalue weighted by molar-refractivity contribution is 7.09. The lowest BCUT2D eigenvalue weighted by molar-refractivity contribution is -0.123. The Hall–Kier alpha value is -2.60. The smallest absolute Gasteiger partial charge is 0.220 e. The number of hydrogen-bond acceptors (Lipinski definition) is 9. The van der Waals surface area contributed by atoms with Crippen molar-refractivity contribution in [1.82, 2.24) is 24.8 Å². The molecule has 3 aromatic heterocycles. The minimum absolute atomic E-state index is 0.199. The second-order valence-electron chi connectivity index (χ2n) is 6.85. The van der Waals surface area contributed by atoms with Gasteiger partial charge in [-0.1, -0.05) is 6.07 Å². The number of carbonyl (C=O) groups excluding carboxylic acids is 1. The van der Waals surface area contributed by atoms with Crippen molar-refractivity contribution < 1.29 is 19.7 Å². The number of nitrogens with zero attached hydrogens (tertiary/aromatic N) is 4. The van der Waals surface area contributed by atoms with Crippen molar-refractivity contribution in [2.24, 2.45) is 0 Å². The van der Waals surface area contributed by atoms with Crippen molar-refractivity contribution >= 4 is 34.2 Å². The van der Waals surface area contributed by atoms with E-state index in [2.05, 4.69) is 20.3 Å². The molecule has 1 aliphatic rings. The van der Waals surface area contributed by atoms with Gasteiger partial charge in [0.05, 0.1) is 19.0 Å². The van der Waals surface area contributed by atoms with E-state index in [0.717, 1.165) is 6.42 Å². The summed E-state index contributed by atoms with van der Waals surface area (Å²) in [6, 6.07) is 3.27. The van der Waals surface area contributed by atoms with Crippen LogP contribution < -0.4 is 11.1 Å². The summed E-state index contributed by atoms with van der Waals surface area (Å²) >= 11 is 1.66. The molecule has 0 spiro atoms. The Kier molecular flexibility index (Phi) is 5.72. The van der Waals surface area contributed by atoms with Gasteiger partial charge < -0.3 is 26.0 Å². The molecular weight excluding hydrogens is 396 g/mol. The molecule has 1 saturated heterocycles. The summed E-state index contributed by atoms with van der Waals surface area (Å²) in [6.45, 7) is -0.350. The molecule has 29 heavy (non-hydrogen) atoms. The molecule has 10 nitrogen and oxygen atoms in total. The van der Waals surface area contributed by atoms with Crippen LogP contribution in [-0.4, -0.2) is 60.5 Å². The SMILES string of the molecule is Nc1ncnc2c1ncn2[C@@H]1O[C@H](CO)[C@@H](NC(=O)CCCc2cccs2)[C@H]1O. The van der Waals surface area contributed by atoms with E-state index >= 15 is 0 Å². The van der Waals surface area contributed by atoms with Gasteiger partial charge in [0.2, 0.25) is 5.91 Å². The lowest BCUT2D eigenvalue weighted by atomic mass is 10.1. The van der Waals surface area contributed by atoms with Crippen LogP contribution in [0, 0.1) is 0 Å². The molecule has 3 aromatic rings. The topological polar surface area (TPSA) is 148 Å². The predicted molar refractivity (Wildman–Crippen MR) is 106 cm³/mol. The zero-order valence-corrected chi connectivity index (χ0v) is 16.3. The number of nitrogens with two attached hydrogens (primary N) is 1. The Morgan fingerprint density at radius 2 is 2.24 bits per heavy atom. The van der Waals surface area contributed by atoms with Crippen LogP contribution in [0.25, 0.3) is 11.2 Å². The molecule has 154 valence electrons. The van der Waals surface area contributed by atoms with Crippen molar-refractivity contribution in [2.75, 3.05) is 12.3 Å². The lowest BCUT2D eigenvalue weighted by Crippen LogP contribution is -2.48. The summed E-state index contributed by atoms with van der Waals surface area (Å²) < 4.78 is 7.33. The normalized spacial score (nSPS) is 24.2. The third-order valence-corrected chi connectivity index (χ3v) is 5.89. The number of aryl methyl sites for hydroxylation is 1. The molecule has 4 rings (SSSR count). The number of aliphatic hydroxyl groups excluding tert-OH is 2. The fraction of sp³-hybridized carbons (Fsp3) is 0.444. The Morgan fingerprint density at radius 1 is 1.38 bits per heavy atom. The monoisotopic (exact) mass is 418 g/mol. The molecule has 1 aliphatic heterocycles. The number of amides is 1. The lowest BCUT2D eigenvalue weighted by Gasteiger charge is -2.20. The van der Waals surface area contributed by atoms with Gasteiger partial charge in [-0.3, -0.25) is 9.36 Å². The summed E-state index contributed by atoms with van der Waals surface area (Å²) in [5, 5.41) is 25.3. The molecule has 11 heteroatoms. The van der Waals surface area contributed by atoms with Crippen molar-refractivity contribution in [3.63, 3.8) is 0 Å². The maximum absolute atomic E-state index is 12.4. The zero-order valence-electron chi connectivity index (χ0n) is 15.5. The number of rotatable bonds is 7. The van der Waals surface area contributed by atoms with Crippen molar-refractivity contribution in [2.45, 2.75) is 43.7 Å². The van der Waals surface area contributed by atoms with Crippen LogP contribution in [0.15, 0.2) is 30.2 Å². The molecule has 0 bridgehead atoms. The van der Waals surface area contributed by atoms with E-state index in [4.69, 9.17) is 10.5 Å². The Balaban J connectivity index is 1.43. The molecule has 4 heterocycles. The first kappa shape index (κ1) is 19.7. The molecular formula is C18H22N6O4S. The van der Waals surface area contributed by atoms with Crippen LogP contribution in [-0.2, 0) is 16.0 Å². The van der Waals surface area contributed by atoms with E-state index in [1.807, 2.05) is 17.5 Å². The highest BCUT2D eigenvalue weighted by Gasteiger charge is 2.45. The standard InChI is InChI=1S/C18H22N6O4S/c19-16-14-17(21-8-20-16)24(9-22-14)18-15(27)13(11(7-25)28-18)23-12(26)5-1-3-10-4-2-6-29-10/h2,4,6,8-9,11,13,15,18,25,27H,1,3,5,7H2,(H,23,26)(H2,19,20,21)/t11-,13-,15-,18-/m1/s1. The van der Waals surface area contributed by atoms with E-state index in [1.165, 1.54) is 22.1 Å². The third kappa shape index (κ3) is 3.94. The third-order valence-electron chi connectivity index (χ3n) is 4.95. The number of fused-ring (bicyclic) bond motifs is 1. The first-order chi connectivity index (χ1) is 14.1. The van der Waals surface area contributed by atoms with Gasteiger partial charge in [-0.05, 0) is 24.3 Å². The summed E-state index contributed by atoms with van der Waals surface area (Å²) in [6.07, 6.45) is 1.87. The molecule has 0 unspecified atom stereocenters. The van der Waals surface area contributed by atoms with E-state index < -0.39 is 24.5 Å². The zero-order chi connectivity index (χ0) is 20.4. The largest absolute Gasteiger partial charge is 0.394 e.